The van der Waals surface area contributed by atoms with Gasteiger partial charge < -0.3 is 4.74 Å². The molecule has 0 saturated carbocycles. The Bertz CT molecular complexity index is 1280. The summed E-state index contributed by atoms with van der Waals surface area (Å²) in [6.07, 6.45) is 0.340. The number of carbonyl (C=O) groups excluding carboxylic acids is 2. The standard InChI is InChI=1S/C25H22ClNO5S/c26-20-9-6-8-19(15-20)24(28)17-32-25(29)16-23-22-12-5-4-7-18(22)13-14-27(23)33(30,31)21-10-2-1-3-11-21/h1-12,15,23H,13-14,16-17H2. The zero-order valence-electron chi connectivity index (χ0n) is 17.7. The van der Waals surface area contributed by atoms with E-state index < -0.39 is 28.6 Å². The third-order valence-corrected chi connectivity index (χ3v) is 7.74. The molecular formula is C25H22ClNO5S. The fourth-order valence-corrected chi connectivity index (χ4v) is 5.78. The van der Waals surface area contributed by atoms with Crippen molar-refractivity contribution in [2.75, 3.05) is 13.2 Å². The Morgan fingerprint density at radius 1 is 0.970 bits per heavy atom. The summed E-state index contributed by atoms with van der Waals surface area (Å²) in [5.41, 5.74) is 2.10. The van der Waals surface area contributed by atoms with Crippen LogP contribution in [0.15, 0.2) is 83.8 Å². The van der Waals surface area contributed by atoms with Crippen LogP contribution in [0.1, 0.15) is 33.9 Å². The molecule has 3 aromatic rings. The number of hydrogen-bond acceptors (Lipinski definition) is 5. The fraction of sp³-hybridized carbons (Fsp3) is 0.200. The molecule has 0 bridgehead atoms. The summed E-state index contributed by atoms with van der Waals surface area (Å²) in [5, 5.41) is 0.410. The Labute approximate surface area is 197 Å². The van der Waals surface area contributed by atoms with Gasteiger partial charge in [0.15, 0.2) is 12.4 Å². The van der Waals surface area contributed by atoms with Gasteiger partial charge in [0, 0.05) is 17.1 Å². The quantitative estimate of drug-likeness (QED) is 0.366. The topological polar surface area (TPSA) is 80.8 Å². The van der Waals surface area contributed by atoms with Gasteiger partial charge in [-0.1, -0.05) is 66.2 Å². The van der Waals surface area contributed by atoms with Gasteiger partial charge in [0.2, 0.25) is 10.0 Å². The Morgan fingerprint density at radius 3 is 2.45 bits per heavy atom. The van der Waals surface area contributed by atoms with E-state index in [0.29, 0.717) is 17.0 Å². The van der Waals surface area contributed by atoms with Gasteiger partial charge in [-0.25, -0.2) is 8.42 Å². The van der Waals surface area contributed by atoms with Crippen molar-refractivity contribution in [1.29, 1.82) is 0 Å². The number of esters is 1. The number of ketones is 1. The minimum Gasteiger partial charge on any atom is -0.457 e. The van der Waals surface area contributed by atoms with Gasteiger partial charge >= 0.3 is 5.97 Å². The van der Waals surface area contributed by atoms with Gasteiger partial charge in [-0.15, -0.1) is 0 Å². The fourth-order valence-electron chi connectivity index (χ4n) is 3.96. The van der Waals surface area contributed by atoms with Gasteiger partial charge in [-0.05, 0) is 41.8 Å². The van der Waals surface area contributed by atoms with E-state index in [1.807, 2.05) is 24.3 Å². The molecule has 3 aromatic carbocycles. The molecular weight excluding hydrogens is 462 g/mol. The molecule has 170 valence electrons. The van der Waals surface area contributed by atoms with Crippen molar-refractivity contribution in [3.8, 4) is 0 Å². The predicted molar refractivity (Wildman–Crippen MR) is 125 cm³/mol. The first-order valence-electron chi connectivity index (χ1n) is 10.5. The first kappa shape index (κ1) is 23.2. The number of sulfonamides is 1. The van der Waals surface area contributed by atoms with Gasteiger partial charge in [0.05, 0.1) is 17.4 Å². The summed E-state index contributed by atoms with van der Waals surface area (Å²) >= 11 is 5.92. The van der Waals surface area contributed by atoms with E-state index in [2.05, 4.69) is 0 Å². The lowest BCUT2D eigenvalue weighted by molar-refractivity contribution is -0.143. The van der Waals surface area contributed by atoms with Crippen LogP contribution < -0.4 is 0 Å². The van der Waals surface area contributed by atoms with Crippen molar-refractivity contribution >= 4 is 33.4 Å². The van der Waals surface area contributed by atoms with Crippen LogP contribution in [0.3, 0.4) is 0 Å². The molecule has 6 nitrogen and oxygen atoms in total. The largest absolute Gasteiger partial charge is 0.457 e. The maximum atomic E-state index is 13.4. The van der Waals surface area contributed by atoms with E-state index >= 15 is 0 Å². The van der Waals surface area contributed by atoms with Crippen molar-refractivity contribution in [3.05, 3.63) is 101 Å². The van der Waals surface area contributed by atoms with Crippen LogP contribution in [-0.2, 0) is 26.0 Å². The molecule has 0 fully saturated rings. The van der Waals surface area contributed by atoms with E-state index in [9.17, 15) is 18.0 Å². The van der Waals surface area contributed by atoms with E-state index in [-0.39, 0.29) is 23.6 Å². The van der Waals surface area contributed by atoms with Gasteiger partial charge in [0.25, 0.3) is 0 Å². The smallest absolute Gasteiger partial charge is 0.308 e. The van der Waals surface area contributed by atoms with Crippen LogP contribution in [0.25, 0.3) is 0 Å². The lowest BCUT2D eigenvalue weighted by Crippen LogP contribution is -2.41. The van der Waals surface area contributed by atoms with Gasteiger partial charge in [-0.3, -0.25) is 9.59 Å². The normalized spacial score (nSPS) is 16.1. The number of benzene rings is 3. The molecule has 1 heterocycles. The third kappa shape index (κ3) is 5.16. The molecule has 1 aliphatic rings. The second kappa shape index (κ2) is 9.87. The number of ether oxygens (including phenoxy) is 1. The highest BCUT2D eigenvalue weighted by Crippen LogP contribution is 2.36. The molecule has 0 spiro atoms. The molecule has 0 amide bonds. The zero-order chi connectivity index (χ0) is 23.4. The highest BCUT2D eigenvalue weighted by Gasteiger charge is 2.37. The molecule has 0 N–H and O–H groups in total. The predicted octanol–water partition coefficient (Wildman–Crippen LogP) is 4.44. The lowest BCUT2D eigenvalue weighted by atomic mass is 9.92. The van der Waals surface area contributed by atoms with Crippen molar-refractivity contribution < 1.29 is 22.7 Å². The van der Waals surface area contributed by atoms with Crippen LogP contribution >= 0.6 is 11.6 Å². The third-order valence-electron chi connectivity index (χ3n) is 5.58. The summed E-state index contributed by atoms with van der Waals surface area (Å²) in [5.74, 6) is -1.04. The molecule has 4 rings (SSSR count). The lowest BCUT2D eigenvalue weighted by Gasteiger charge is -2.36. The van der Waals surface area contributed by atoms with E-state index in [1.165, 1.54) is 22.5 Å². The first-order valence-corrected chi connectivity index (χ1v) is 12.3. The van der Waals surface area contributed by atoms with Crippen LogP contribution in [0, 0.1) is 0 Å². The Kier molecular flexibility index (Phi) is 6.93. The molecule has 1 atom stereocenters. The van der Waals surface area contributed by atoms with E-state index in [4.69, 9.17) is 16.3 Å². The van der Waals surface area contributed by atoms with E-state index in [1.54, 1.807) is 36.4 Å². The summed E-state index contributed by atoms with van der Waals surface area (Å²) in [6.45, 7) is -0.202. The highest BCUT2D eigenvalue weighted by atomic mass is 35.5. The monoisotopic (exact) mass is 483 g/mol. The Hall–Kier alpha value is -3.00. The number of hydrogen-bond donors (Lipinski definition) is 0. The summed E-state index contributed by atoms with van der Waals surface area (Å²) in [4.78, 5) is 25.2. The second-order valence-electron chi connectivity index (χ2n) is 7.69. The van der Waals surface area contributed by atoms with Crippen LogP contribution in [0.2, 0.25) is 5.02 Å². The van der Waals surface area contributed by atoms with Crippen molar-refractivity contribution in [1.82, 2.24) is 4.31 Å². The maximum absolute atomic E-state index is 13.4. The number of carbonyl (C=O) groups is 2. The van der Waals surface area contributed by atoms with Crippen LogP contribution in [-0.4, -0.2) is 37.6 Å². The maximum Gasteiger partial charge on any atom is 0.308 e. The number of Topliss-reactive ketones (excluding diaryl/α,β-unsaturated/α-hetero) is 1. The van der Waals surface area contributed by atoms with Crippen molar-refractivity contribution in [2.45, 2.75) is 23.8 Å². The Balaban J connectivity index is 1.54. The van der Waals surface area contributed by atoms with Crippen molar-refractivity contribution in [2.24, 2.45) is 0 Å². The zero-order valence-corrected chi connectivity index (χ0v) is 19.3. The highest BCUT2D eigenvalue weighted by molar-refractivity contribution is 7.89. The summed E-state index contributed by atoms with van der Waals surface area (Å²) < 4.78 is 33.3. The summed E-state index contributed by atoms with van der Waals surface area (Å²) in [7, 11) is -3.83. The minimum absolute atomic E-state index is 0.166. The minimum atomic E-state index is -3.83. The molecule has 1 unspecified atom stereocenters. The van der Waals surface area contributed by atoms with Crippen LogP contribution in [0.4, 0.5) is 0 Å². The number of fused-ring (bicyclic) bond motifs is 1. The molecule has 0 saturated heterocycles. The Morgan fingerprint density at radius 2 is 1.70 bits per heavy atom. The van der Waals surface area contributed by atoms with Gasteiger partial charge in [-0.2, -0.15) is 4.31 Å². The number of halogens is 1. The first-order chi connectivity index (χ1) is 15.9. The van der Waals surface area contributed by atoms with Crippen molar-refractivity contribution in [3.63, 3.8) is 0 Å². The molecule has 0 radical (unpaired) electrons. The van der Waals surface area contributed by atoms with E-state index in [0.717, 1.165) is 11.1 Å². The number of rotatable bonds is 7. The SMILES string of the molecule is O=C(CC1c2ccccc2CCN1S(=O)(=O)c1ccccc1)OCC(=O)c1cccc(Cl)c1. The summed E-state index contributed by atoms with van der Waals surface area (Å²) in [6, 6.07) is 21.3. The number of nitrogens with zero attached hydrogens (tertiary/aromatic N) is 1. The van der Waals surface area contributed by atoms with Gasteiger partial charge in [0.1, 0.15) is 0 Å². The molecule has 33 heavy (non-hydrogen) atoms. The molecule has 8 heteroatoms. The molecule has 0 aromatic heterocycles. The molecule has 1 aliphatic heterocycles. The average Bonchev–Trinajstić information content (AvgIpc) is 2.83. The average molecular weight is 484 g/mol. The van der Waals surface area contributed by atoms with Crippen LogP contribution in [0.5, 0.6) is 0 Å². The molecule has 0 aliphatic carbocycles. The second-order valence-corrected chi connectivity index (χ2v) is 10.0.